The van der Waals surface area contributed by atoms with Crippen molar-refractivity contribution in [3.05, 3.63) is 29.8 Å². The zero-order valence-electron chi connectivity index (χ0n) is 10.9. The lowest BCUT2D eigenvalue weighted by atomic mass is 10.1. The highest BCUT2D eigenvalue weighted by Gasteiger charge is 2.11. The smallest absolute Gasteiger partial charge is 0.129 e. The molecule has 0 bridgehead atoms. The molecule has 0 saturated carbocycles. The highest BCUT2D eigenvalue weighted by Crippen LogP contribution is 2.11. The van der Waals surface area contributed by atoms with E-state index >= 15 is 0 Å². The van der Waals surface area contributed by atoms with E-state index in [9.17, 15) is 14.1 Å². The molecule has 0 aliphatic rings. The van der Waals surface area contributed by atoms with Crippen LogP contribution >= 0.6 is 0 Å². The predicted octanol–water partition coefficient (Wildman–Crippen LogP) is 2.22. The van der Waals surface area contributed by atoms with E-state index in [-0.39, 0.29) is 11.5 Å². The van der Waals surface area contributed by atoms with Crippen LogP contribution in [0.4, 0.5) is 0 Å². The molecule has 3 nitrogen and oxygen atoms in total. The molecule has 0 aliphatic carbocycles. The van der Waals surface area contributed by atoms with E-state index < -0.39 is 16.9 Å². The number of ketones is 1. The van der Waals surface area contributed by atoms with Gasteiger partial charge < -0.3 is 9.90 Å². The Balaban J connectivity index is 2.39. The van der Waals surface area contributed by atoms with E-state index in [1.807, 2.05) is 31.2 Å². The van der Waals surface area contributed by atoms with Crippen molar-refractivity contribution in [3.63, 3.8) is 0 Å². The van der Waals surface area contributed by atoms with Gasteiger partial charge in [0.15, 0.2) is 0 Å². The Bertz CT molecular complexity index is 412. The van der Waals surface area contributed by atoms with Crippen molar-refractivity contribution in [1.82, 2.24) is 0 Å². The number of carbonyl (C=O) groups excluding carboxylic acids is 1. The average molecular weight is 268 g/mol. The number of carbonyl (C=O) groups is 1. The zero-order valence-corrected chi connectivity index (χ0v) is 11.7. The second-order valence-corrected chi connectivity index (χ2v) is 6.07. The van der Waals surface area contributed by atoms with Crippen molar-refractivity contribution in [2.75, 3.05) is 5.75 Å². The van der Waals surface area contributed by atoms with Gasteiger partial charge in [0, 0.05) is 11.3 Å². The molecule has 0 fully saturated rings. The summed E-state index contributed by atoms with van der Waals surface area (Å²) in [6.07, 6.45) is 1.05. The number of hydrogen-bond donors (Lipinski definition) is 1. The van der Waals surface area contributed by atoms with Gasteiger partial charge in [0.2, 0.25) is 0 Å². The minimum atomic E-state index is -1.17. The second-order valence-electron chi connectivity index (χ2n) is 4.57. The topological polar surface area (TPSA) is 54.4 Å². The molecule has 2 atom stereocenters. The number of benzene rings is 1. The Kier molecular flexibility index (Phi) is 6.22. The maximum atomic E-state index is 11.9. The molecule has 4 heteroatoms. The Morgan fingerprint density at radius 1 is 1.33 bits per heavy atom. The molecular formula is C14H20O3S. The van der Waals surface area contributed by atoms with Gasteiger partial charge in [-0.25, -0.2) is 0 Å². The number of hydrogen-bond acceptors (Lipinski definition) is 3. The summed E-state index contributed by atoms with van der Waals surface area (Å²) in [6.45, 7) is 3.51. The highest BCUT2D eigenvalue weighted by atomic mass is 32.2. The Morgan fingerprint density at radius 3 is 2.50 bits per heavy atom. The van der Waals surface area contributed by atoms with Crippen molar-refractivity contribution in [2.24, 2.45) is 0 Å². The molecule has 0 spiro atoms. The molecule has 0 saturated heterocycles. The third kappa shape index (κ3) is 5.56. The van der Waals surface area contributed by atoms with Gasteiger partial charge in [-0.05, 0) is 38.8 Å². The summed E-state index contributed by atoms with van der Waals surface area (Å²) >= 11 is 0. The summed E-state index contributed by atoms with van der Waals surface area (Å²) in [4.78, 5) is 11.5. The van der Waals surface area contributed by atoms with E-state index in [1.165, 1.54) is 6.92 Å². The van der Waals surface area contributed by atoms with Crippen molar-refractivity contribution >= 4 is 16.6 Å². The second kappa shape index (κ2) is 7.44. The van der Waals surface area contributed by atoms with Gasteiger partial charge in [-0.3, -0.25) is 4.21 Å². The monoisotopic (exact) mass is 268 g/mol. The maximum absolute atomic E-state index is 11.9. The molecule has 0 radical (unpaired) electrons. The van der Waals surface area contributed by atoms with E-state index in [4.69, 9.17) is 0 Å². The van der Waals surface area contributed by atoms with Crippen LogP contribution in [-0.4, -0.2) is 27.0 Å². The third-order valence-electron chi connectivity index (χ3n) is 2.69. The normalized spacial score (nSPS) is 14.2. The molecule has 18 heavy (non-hydrogen) atoms. The molecule has 1 aromatic rings. The largest absolute Gasteiger partial charge is 0.392 e. The summed E-state index contributed by atoms with van der Waals surface area (Å²) < 4.78 is 11.9. The van der Waals surface area contributed by atoms with Gasteiger partial charge in [-0.15, -0.1) is 0 Å². The molecule has 0 aromatic heterocycles. The lowest BCUT2D eigenvalue weighted by Crippen LogP contribution is -2.17. The van der Waals surface area contributed by atoms with Crippen molar-refractivity contribution in [1.29, 1.82) is 0 Å². The minimum absolute atomic E-state index is 0.127. The first-order valence-electron chi connectivity index (χ1n) is 6.11. The van der Waals surface area contributed by atoms with Crippen molar-refractivity contribution < 1.29 is 14.1 Å². The van der Waals surface area contributed by atoms with Gasteiger partial charge in [-0.1, -0.05) is 17.7 Å². The summed E-state index contributed by atoms with van der Waals surface area (Å²) in [7, 11) is -1.17. The molecular weight excluding hydrogens is 248 g/mol. The van der Waals surface area contributed by atoms with Crippen LogP contribution in [-0.2, 0) is 15.6 Å². The minimum Gasteiger partial charge on any atom is -0.392 e. The Labute approximate surface area is 111 Å². The SMILES string of the molecule is CC(=O)CCC[C@@H](O)CS(=O)c1ccc(C)cc1. The van der Waals surface area contributed by atoms with Crippen LogP contribution in [0.2, 0.25) is 0 Å². The van der Waals surface area contributed by atoms with Gasteiger partial charge in [0.1, 0.15) is 5.78 Å². The molecule has 1 rings (SSSR count). The van der Waals surface area contributed by atoms with E-state index in [2.05, 4.69) is 0 Å². The molecule has 1 unspecified atom stereocenters. The lowest BCUT2D eigenvalue weighted by molar-refractivity contribution is -0.117. The quantitative estimate of drug-likeness (QED) is 0.825. The summed E-state index contributed by atoms with van der Waals surface area (Å²) in [5.74, 6) is 0.364. The lowest BCUT2D eigenvalue weighted by Gasteiger charge is -2.09. The first-order chi connectivity index (χ1) is 8.49. The molecule has 100 valence electrons. The fourth-order valence-electron chi connectivity index (χ4n) is 1.63. The molecule has 1 N–H and O–H groups in total. The van der Waals surface area contributed by atoms with Gasteiger partial charge >= 0.3 is 0 Å². The summed E-state index contributed by atoms with van der Waals surface area (Å²) in [5, 5.41) is 9.74. The number of aliphatic hydroxyl groups excluding tert-OH is 1. The molecule has 1 aromatic carbocycles. The molecule has 0 aliphatic heterocycles. The Morgan fingerprint density at radius 2 is 1.94 bits per heavy atom. The van der Waals surface area contributed by atoms with E-state index in [1.54, 1.807) is 0 Å². The summed E-state index contributed by atoms with van der Waals surface area (Å²) in [6, 6.07) is 7.48. The van der Waals surface area contributed by atoms with E-state index in [0.29, 0.717) is 19.3 Å². The van der Waals surface area contributed by atoms with Crippen LogP contribution in [0.25, 0.3) is 0 Å². The first-order valence-corrected chi connectivity index (χ1v) is 7.43. The molecule has 0 heterocycles. The van der Waals surface area contributed by atoms with Crippen LogP contribution in [0.1, 0.15) is 31.7 Å². The van der Waals surface area contributed by atoms with Crippen LogP contribution < -0.4 is 0 Å². The maximum Gasteiger partial charge on any atom is 0.129 e. The fourth-order valence-corrected chi connectivity index (χ4v) is 2.78. The average Bonchev–Trinajstić information content (AvgIpc) is 2.29. The van der Waals surface area contributed by atoms with Crippen LogP contribution in [0.3, 0.4) is 0 Å². The van der Waals surface area contributed by atoms with E-state index in [0.717, 1.165) is 10.5 Å². The van der Waals surface area contributed by atoms with Crippen LogP contribution in [0.15, 0.2) is 29.2 Å². The number of aliphatic hydroxyl groups is 1. The van der Waals surface area contributed by atoms with Crippen LogP contribution in [0.5, 0.6) is 0 Å². The van der Waals surface area contributed by atoms with Gasteiger partial charge in [-0.2, -0.15) is 0 Å². The number of rotatable bonds is 7. The summed E-state index contributed by atoms with van der Waals surface area (Å²) in [5.41, 5.74) is 1.12. The van der Waals surface area contributed by atoms with Crippen LogP contribution in [0, 0.1) is 6.92 Å². The standard InChI is InChI=1S/C14H20O3S/c1-11-6-8-14(9-7-11)18(17)10-13(16)5-3-4-12(2)15/h6-9,13,16H,3-5,10H2,1-2H3/t13-,18?/m1/s1. The number of Topliss-reactive ketones (excluding diaryl/α,β-unsaturated/α-hetero) is 1. The molecule has 0 amide bonds. The van der Waals surface area contributed by atoms with Crippen molar-refractivity contribution in [3.8, 4) is 0 Å². The third-order valence-corrected chi connectivity index (χ3v) is 4.18. The van der Waals surface area contributed by atoms with Gasteiger partial charge in [0.05, 0.1) is 22.7 Å². The highest BCUT2D eigenvalue weighted by molar-refractivity contribution is 7.85. The Hall–Kier alpha value is -1.00. The predicted molar refractivity (Wildman–Crippen MR) is 73.0 cm³/mol. The zero-order chi connectivity index (χ0) is 13.5. The van der Waals surface area contributed by atoms with Gasteiger partial charge in [0.25, 0.3) is 0 Å². The number of aryl methyl sites for hydroxylation is 1. The van der Waals surface area contributed by atoms with Crippen molar-refractivity contribution in [2.45, 2.75) is 44.1 Å². The fraction of sp³-hybridized carbons (Fsp3) is 0.500. The first kappa shape index (κ1) is 15.1.